The molecule has 1 aromatic rings. The number of hydrogen-bond donors (Lipinski definition) is 0. The van der Waals surface area contributed by atoms with E-state index in [1.54, 1.807) is 0 Å². The second-order valence-electron chi connectivity index (χ2n) is 7.29. The Balaban J connectivity index is 1.66. The first-order valence-corrected chi connectivity index (χ1v) is 10.0. The van der Waals surface area contributed by atoms with Crippen LogP contribution in [0.4, 0.5) is 0 Å². The lowest BCUT2D eigenvalue weighted by atomic mass is 9.74. The summed E-state index contributed by atoms with van der Waals surface area (Å²) in [5.74, 6) is 3.00. The smallest absolute Gasteiger partial charge is 0.119 e. The van der Waals surface area contributed by atoms with E-state index in [2.05, 4.69) is 38.1 Å². The third-order valence-electron chi connectivity index (χ3n) is 5.56. The molecule has 1 aliphatic carbocycles. The third-order valence-corrected chi connectivity index (χ3v) is 5.56. The Morgan fingerprint density at radius 3 is 2.13 bits per heavy atom. The molecule has 1 heteroatoms. The Bertz CT molecular complexity index is 408. The molecular weight excluding hydrogens is 280 g/mol. The summed E-state index contributed by atoms with van der Waals surface area (Å²) in [6, 6.07) is 8.60. The van der Waals surface area contributed by atoms with Crippen molar-refractivity contribution in [3.05, 3.63) is 29.8 Å². The Morgan fingerprint density at radius 2 is 1.52 bits per heavy atom. The van der Waals surface area contributed by atoms with Crippen molar-refractivity contribution >= 4 is 0 Å². The van der Waals surface area contributed by atoms with Gasteiger partial charge < -0.3 is 4.74 Å². The van der Waals surface area contributed by atoms with E-state index in [1.807, 2.05) is 0 Å². The van der Waals surface area contributed by atoms with Gasteiger partial charge in [-0.1, -0.05) is 77.3 Å². The molecule has 2 unspecified atom stereocenters. The normalized spacial score (nSPS) is 21.3. The summed E-state index contributed by atoms with van der Waals surface area (Å²) in [5, 5.41) is 0. The molecule has 0 aliphatic heterocycles. The largest absolute Gasteiger partial charge is 0.494 e. The zero-order valence-electron chi connectivity index (χ0n) is 15.4. The van der Waals surface area contributed by atoms with E-state index < -0.39 is 0 Å². The molecule has 1 fully saturated rings. The van der Waals surface area contributed by atoms with Gasteiger partial charge in [0.2, 0.25) is 0 Å². The van der Waals surface area contributed by atoms with Crippen LogP contribution in [-0.2, 0) is 6.42 Å². The van der Waals surface area contributed by atoms with Crippen LogP contribution in [0.25, 0.3) is 0 Å². The van der Waals surface area contributed by atoms with Gasteiger partial charge in [-0.2, -0.15) is 0 Å². The first-order valence-electron chi connectivity index (χ1n) is 10.0. The third kappa shape index (κ3) is 6.57. The van der Waals surface area contributed by atoms with Gasteiger partial charge in [0.05, 0.1) is 6.61 Å². The number of ether oxygens (including phenoxy) is 1. The highest BCUT2D eigenvalue weighted by Gasteiger charge is 2.24. The maximum Gasteiger partial charge on any atom is 0.119 e. The molecular formula is C22H36O. The molecule has 2 atom stereocenters. The van der Waals surface area contributed by atoms with E-state index in [-0.39, 0.29) is 0 Å². The second kappa shape index (κ2) is 10.7. The molecule has 130 valence electrons. The predicted molar refractivity (Wildman–Crippen MR) is 100 cm³/mol. The summed E-state index contributed by atoms with van der Waals surface area (Å²) < 4.78 is 5.93. The monoisotopic (exact) mass is 316 g/mol. The van der Waals surface area contributed by atoms with E-state index >= 15 is 0 Å². The van der Waals surface area contributed by atoms with Crippen LogP contribution in [0.2, 0.25) is 0 Å². The molecule has 0 aromatic heterocycles. The van der Waals surface area contributed by atoms with E-state index in [9.17, 15) is 0 Å². The van der Waals surface area contributed by atoms with Gasteiger partial charge in [-0.3, -0.25) is 0 Å². The van der Waals surface area contributed by atoms with Gasteiger partial charge in [0, 0.05) is 0 Å². The van der Waals surface area contributed by atoms with E-state index in [0.717, 1.165) is 30.6 Å². The van der Waals surface area contributed by atoms with Crippen molar-refractivity contribution in [3.8, 4) is 5.75 Å². The van der Waals surface area contributed by atoms with Crippen molar-refractivity contribution in [2.24, 2.45) is 11.8 Å². The molecule has 1 nitrogen and oxygen atoms in total. The average molecular weight is 317 g/mol. The zero-order chi connectivity index (χ0) is 16.3. The van der Waals surface area contributed by atoms with Crippen molar-refractivity contribution in [2.75, 3.05) is 6.61 Å². The molecule has 1 saturated carbocycles. The lowest BCUT2D eigenvalue weighted by Gasteiger charge is -2.31. The number of benzene rings is 1. The van der Waals surface area contributed by atoms with Crippen molar-refractivity contribution < 1.29 is 4.74 Å². The molecule has 0 saturated heterocycles. The second-order valence-corrected chi connectivity index (χ2v) is 7.29. The van der Waals surface area contributed by atoms with Crippen molar-refractivity contribution in [2.45, 2.75) is 84.5 Å². The fourth-order valence-corrected chi connectivity index (χ4v) is 4.06. The molecule has 2 rings (SSSR count). The fourth-order valence-electron chi connectivity index (χ4n) is 4.06. The minimum Gasteiger partial charge on any atom is -0.494 e. The molecule has 0 N–H and O–H groups in total. The topological polar surface area (TPSA) is 9.23 Å². The summed E-state index contributed by atoms with van der Waals surface area (Å²) in [6.45, 7) is 5.38. The van der Waals surface area contributed by atoms with Gasteiger partial charge in [0.1, 0.15) is 5.75 Å². The van der Waals surface area contributed by atoms with E-state index in [4.69, 9.17) is 4.74 Å². The summed E-state index contributed by atoms with van der Waals surface area (Å²) in [4.78, 5) is 0. The van der Waals surface area contributed by atoms with Gasteiger partial charge in [0.25, 0.3) is 0 Å². The highest BCUT2D eigenvalue weighted by atomic mass is 16.5. The number of unbranched alkanes of at least 4 members (excludes halogenated alkanes) is 2. The van der Waals surface area contributed by atoms with Crippen LogP contribution in [0.15, 0.2) is 24.3 Å². The molecule has 0 amide bonds. The van der Waals surface area contributed by atoms with Crippen molar-refractivity contribution in [1.82, 2.24) is 0 Å². The molecule has 0 heterocycles. The van der Waals surface area contributed by atoms with Crippen LogP contribution in [-0.4, -0.2) is 6.61 Å². The van der Waals surface area contributed by atoms with Crippen LogP contribution < -0.4 is 4.74 Å². The Hall–Kier alpha value is -0.980. The summed E-state index contributed by atoms with van der Waals surface area (Å²) in [6.07, 6.45) is 15.2. The Morgan fingerprint density at radius 1 is 0.870 bits per heavy atom. The standard InChI is InChI=1S/C22H36O/c1-3-5-6-10-20-11-7-8-12-21(20)13-9-18-23-22-16-14-19(4-2)15-17-22/h14-17,20-21H,3-13,18H2,1-2H3. The first-order chi connectivity index (χ1) is 11.3. The van der Waals surface area contributed by atoms with E-state index in [0.29, 0.717) is 0 Å². The zero-order valence-corrected chi connectivity index (χ0v) is 15.4. The van der Waals surface area contributed by atoms with Gasteiger partial charge >= 0.3 is 0 Å². The Kier molecular flexibility index (Phi) is 8.57. The number of hydrogen-bond acceptors (Lipinski definition) is 1. The molecule has 1 aromatic carbocycles. The number of aryl methyl sites for hydroxylation is 1. The molecule has 1 aliphatic rings. The molecule has 0 radical (unpaired) electrons. The maximum atomic E-state index is 5.93. The fraction of sp³-hybridized carbons (Fsp3) is 0.727. The quantitative estimate of drug-likeness (QED) is 0.431. The summed E-state index contributed by atoms with van der Waals surface area (Å²) in [7, 11) is 0. The highest BCUT2D eigenvalue weighted by molar-refractivity contribution is 5.27. The van der Waals surface area contributed by atoms with Gasteiger partial charge in [0.15, 0.2) is 0 Å². The van der Waals surface area contributed by atoms with Crippen LogP contribution >= 0.6 is 0 Å². The van der Waals surface area contributed by atoms with Crippen LogP contribution in [0.5, 0.6) is 5.75 Å². The van der Waals surface area contributed by atoms with Crippen LogP contribution in [0.1, 0.15) is 83.6 Å². The highest BCUT2D eigenvalue weighted by Crippen LogP contribution is 2.36. The first kappa shape index (κ1) is 18.4. The predicted octanol–water partition coefficient (Wildman–Crippen LogP) is 6.79. The van der Waals surface area contributed by atoms with Gasteiger partial charge in [-0.05, 0) is 48.8 Å². The van der Waals surface area contributed by atoms with Crippen molar-refractivity contribution in [1.29, 1.82) is 0 Å². The van der Waals surface area contributed by atoms with Gasteiger partial charge in [-0.25, -0.2) is 0 Å². The summed E-state index contributed by atoms with van der Waals surface area (Å²) in [5.41, 5.74) is 1.38. The molecule has 0 bridgehead atoms. The van der Waals surface area contributed by atoms with E-state index in [1.165, 1.54) is 69.8 Å². The lowest BCUT2D eigenvalue weighted by molar-refractivity contribution is 0.190. The average Bonchev–Trinajstić information content (AvgIpc) is 2.60. The van der Waals surface area contributed by atoms with Crippen LogP contribution in [0.3, 0.4) is 0 Å². The summed E-state index contributed by atoms with van der Waals surface area (Å²) >= 11 is 0. The SMILES string of the molecule is CCCCCC1CCCCC1CCCOc1ccc(CC)cc1. The molecule has 0 spiro atoms. The van der Waals surface area contributed by atoms with Gasteiger partial charge in [-0.15, -0.1) is 0 Å². The number of rotatable bonds is 10. The van der Waals surface area contributed by atoms with Crippen molar-refractivity contribution in [3.63, 3.8) is 0 Å². The minimum atomic E-state index is 0.879. The lowest BCUT2D eigenvalue weighted by Crippen LogP contribution is -2.20. The molecule has 23 heavy (non-hydrogen) atoms. The minimum absolute atomic E-state index is 0.879. The van der Waals surface area contributed by atoms with Crippen LogP contribution in [0, 0.1) is 11.8 Å². The maximum absolute atomic E-state index is 5.93. The Labute approximate surface area is 143 Å².